The van der Waals surface area contributed by atoms with Gasteiger partial charge in [0.2, 0.25) is 17.8 Å². The molecular weight excluding hydrogens is 1580 g/mol. The molecule has 3 aromatic carbocycles. The number of esters is 2. The number of benzene rings is 3. The Labute approximate surface area is 647 Å². The van der Waals surface area contributed by atoms with Crippen LogP contribution in [0.4, 0.5) is 59.4 Å². The number of hydrogen-bond acceptors (Lipinski definition) is 22. The van der Waals surface area contributed by atoms with Gasteiger partial charge in [0.1, 0.15) is 41.6 Å². The summed E-state index contributed by atoms with van der Waals surface area (Å²) in [6, 6.07) is 1.40. The molecule has 114 heavy (non-hydrogen) atoms. The first-order chi connectivity index (χ1) is 53.0. The van der Waals surface area contributed by atoms with Crippen LogP contribution in [-0.2, 0) is 87.1 Å². The number of ether oxygens (including phenoxy) is 5. The molecule has 7 atom stereocenters. The molecule has 5 amide bonds. The van der Waals surface area contributed by atoms with Crippen molar-refractivity contribution in [3.05, 3.63) is 124 Å². The van der Waals surface area contributed by atoms with Crippen LogP contribution >= 0.6 is 7.82 Å². The molecule has 5 heterocycles. The number of carbonyl (C=O) groups is 7. The second kappa shape index (κ2) is 36.4. The minimum Gasteiger partial charge on any atom is -0.467 e. The molecule has 0 spiro atoms. The molecule has 3 aliphatic rings. The van der Waals surface area contributed by atoms with E-state index < -0.39 is 209 Å². The van der Waals surface area contributed by atoms with Crippen LogP contribution < -0.4 is 36.1 Å². The molecule has 43 heteroatoms. The summed E-state index contributed by atoms with van der Waals surface area (Å²) in [4.78, 5) is 132. The van der Waals surface area contributed by atoms with E-state index in [2.05, 4.69) is 56.8 Å². The summed E-state index contributed by atoms with van der Waals surface area (Å²) in [7, 11) is -8.13. The Hall–Kier alpha value is -9.76. The maximum Gasteiger partial charge on any atom is 0.524 e. The molecule has 8 rings (SSSR count). The zero-order valence-electron chi connectivity index (χ0n) is 63.0. The van der Waals surface area contributed by atoms with Crippen molar-refractivity contribution in [3.63, 3.8) is 0 Å². The molecule has 3 saturated heterocycles. The van der Waals surface area contributed by atoms with E-state index in [1.165, 1.54) is 63.5 Å². The largest absolute Gasteiger partial charge is 0.524 e. The minimum atomic E-state index is -5.68. The van der Waals surface area contributed by atoms with Gasteiger partial charge in [0.15, 0.2) is 0 Å². The van der Waals surface area contributed by atoms with Gasteiger partial charge in [-0.25, -0.2) is 47.4 Å². The molecule has 0 radical (unpaired) electrons. The third-order valence-electron chi connectivity index (χ3n) is 19.6. The van der Waals surface area contributed by atoms with Gasteiger partial charge < -0.3 is 54.4 Å². The predicted molar refractivity (Wildman–Crippen MR) is 381 cm³/mol. The monoisotopic (exact) mass is 1660 g/mol. The van der Waals surface area contributed by atoms with Crippen molar-refractivity contribution < 1.29 is 133 Å². The highest BCUT2D eigenvalue weighted by molar-refractivity contribution is 7.85. The SMILES string of the molecule is COC(=O)N[C@H](C(=O)N[C@@H](Cc1ccc(C#Cc2cnc(N3CC4CCC(C3)N4C3COC3)nc2)cc1)[C@H](CN(Cc1c(F)cc(-c2ccn(C(F)F)n2)cc1F)NC(=O)[C@@H](NC(=O)OC)C(C)(C)C(F)(F)F)OC(=O)CC(C)(C)c1c(CC(=O)N[C@@H](CCS(=O)(=O)O)C(=O)OC)cc(C)cc1OP(=O)(O)O)C(C)(C)C(F)(F)F. The Kier molecular flexibility index (Phi) is 28.7. The average Bonchev–Trinajstić information content (AvgIpc) is 1.32. The second-order valence-electron chi connectivity index (χ2n) is 29.1. The van der Waals surface area contributed by atoms with Crippen LogP contribution in [0.2, 0.25) is 0 Å². The first-order valence-electron chi connectivity index (χ1n) is 35.0. The van der Waals surface area contributed by atoms with E-state index in [1.54, 1.807) is 5.32 Å². The highest BCUT2D eigenvalue weighted by Gasteiger charge is 2.58. The lowest BCUT2D eigenvalue weighted by Crippen LogP contribution is -2.64. The maximum absolute atomic E-state index is 16.9. The van der Waals surface area contributed by atoms with Crippen molar-refractivity contribution in [1.82, 2.24) is 56.4 Å². The van der Waals surface area contributed by atoms with Crippen LogP contribution in [0.5, 0.6) is 5.75 Å². The number of aryl methyl sites for hydroxylation is 1. The Morgan fingerprint density at radius 1 is 0.754 bits per heavy atom. The number of methoxy groups -OCH3 is 3. The van der Waals surface area contributed by atoms with Gasteiger partial charge in [0.25, 0.3) is 16.0 Å². The lowest BCUT2D eigenvalue weighted by atomic mass is 9.77. The third-order valence-corrected chi connectivity index (χ3v) is 20.7. The fourth-order valence-electron chi connectivity index (χ4n) is 13.3. The van der Waals surface area contributed by atoms with Crippen molar-refractivity contribution in [3.8, 4) is 28.8 Å². The molecular formula is C71H85F10N12O19PS. The van der Waals surface area contributed by atoms with Crippen molar-refractivity contribution in [2.45, 2.75) is 166 Å². The number of nitrogens with zero attached hydrogens (tertiary/aromatic N) is 7. The molecule has 0 saturated carbocycles. The van der Waals surface area contributed by atoms with E-state index in [0.717, 1.165) is 45.4 Å². The van der Waals surface area contributed by atoms with Gasteiger partial charge in [0.05, 0.1) is 93.9 Å². The molecule has 2 aromatic heterocycles. The first-order valence-corrected chi connectivity index (χ1v) is 38.1. The highest BCUT2D eigenvalue weighted by Crippen LogP contribution is 2.47. The van der Waals surface area contributed by atoms with Crippen molar-refractivity contribution >= 4 is 65.7 Å². The summed E-state index contributed by atoms with van der Waals surface area (Å²) in [5, 5.41) is 12.2. The van der Waals surface area contributed by atoms with Crippen LogP contribution in [0.15, 0.2) is 73.2 Å². The number of alkyl carbamates (subject to hydrolysis) is 2. The number of piperazine rings is 1. The maximum atomic E-state index is 16.9. The van der Waals surface area contributed by atoms with Crippen LogP contribution in [0.25, 0.3) is 11.3 Å². The fraction of sp³-hybridized carbons (Fsp3) is 0.521. The van der Waals surface area contributed by atoms with E-state index >= 15 is 44.7 Å². The molecule has 624 valence electrons. The van der Waals surface area contributed by atoms with E-state index in [1.807, 2.05) is 10.7 Å². The third kappa shape index (κ3) is 23.0. The van der Waals surface area contributed by atoms with E-state index in [9.17, 15) is 60.1 Å². The van der Waals surface area contributed by atoms with E-state index in [4.69, 9.17) is 18.7 Å². The quantitative estimate of drug-likeness (QED) is 0.00401. The number of nitrogens with one attached hydrogen (secondary N) is 5. The summed E-state index contributed by atoms with van der Waals surface area (Å²) in [5.41, 5.74) is -8.56. The van der Waals surface area contributed by atoms with Gasteiger partial charge in [-0.05, 0) is 113 Å². The Bertz CT molecular complexity index is 4540. The number of anilines is 1. The number of aromatic nitrogens is 4. The number of carbonyl (C=O) groups excluding carboxylic acids is 7. The number of rotatable bonds is 32. The van der Waals surface area contributed by atoms with Gasteiger partial charge in [0, 0.05) is 78.0 Å². The second-order valence-corrected chi connectivity index (χ2v) is 31.9. The predicted octanol–water partition coefficient (Wildman–Crippen LogP) is 7.19. The van der Waals surface area contributed by atoms with Crippen molar-refractivity contribution in [2.75, 3.05) is 64.8 Å². The Morgan fingerprint density at radius 3 is 1.82 bits per heavy atom. The Morgan fingerprint density at radius 2 is 1.32 bits per heavy atom. The van der Waals surface area contributed by atoms with Gasteiger partial charge in [-0.3, -0.25) is 43.8 Å². The number of hydrogen-bond donors (Lipinski definition) is 8. The first kappa shape index (κ1) is 89.8. The normalized spacial score (nSPS) is 17.1. The van der Waals surface area contributed by atoms with Gasteiger partial charge in [-0.15, -0.1) is 0 Å². The number of halogens is 10. The summed E-state index contributed by atoms with van der Waals surface area (Å²) in [6.45, 7) is 2.29. The number of alkyl halides is 8. The highest BCUT2D eigenvalue weighted by atomic mass is 32.2. The molecule has 2 bridgehead atoms. The molecule has 31 nitrogen and oxygen atoms in total. The fourth-order valence-corrected chi connectivity index (χ4v) is 14.3. The van der Waals surface area contributed by atoms with Crippen molar-refractivity contribution in [1.29, 1.82) is 0 Å². The van der Waals surface area contributed by atoms with Crippen LogP contribution in [-0.4, -0.2) is 215 Å². The number of hydrazine groups is 1. The zero-order chi connectivity index (χ0) is 84.5. The summed E-state index contributed by atoms with van der Waals surface area (Å²) >= 11 is 0. The van der Waals surface area contributed by atoms with E-state index in [0.29, 0.717) is 95.8 Å². The molecule has 3 aliphatic heterocycles. The lowest BCUT2D eigenvalue weighted by molar-refractivity contribution is -0.221. The zero-order valence-corrected chi connectivity index (χ0v) is 64.7. The number of phosphoric ester groups is 1. The smallest absolute Gasteiger partial charge is 0.467 e. The standard InChI is InChI=1S/C71H85F10N12O19PS/c1-38-23-43(28-55(94)84-51(62(98)107-8)20-22-114(104,105)106)57(53(24-38)112-113(101,102)103)67(2,3)29-56(95)111-54(35-91(89-61(97)59(87-66(100)109-10)69(6,7)71(79,80)81)34-47-48(72)26-42(27-49(47)73)50-19-21-92(88-50)63(74)75)52(85-60(96)58(86-65(99)108-9)68(4,5)70(76,77)78)25-40-14-11-39(12-15-40)13-16-41-30-82-64(83-31-41)90-32-44-17-18-45(33-90)93(44)46-36-110-37-46/h11-12,14-15,19,21,23-24,26-27,30-31,44-46,51-52,54,58-59,63H,17-18,20,22,25,28-29,32-37H2,1-10H3,(H,84,94)(H,85,96)(H,86,99)(H,87,100)(H,89,97)(H2,101,102,103)(H,104,105,106)/t44?,45?,51-,52-,54-,58+,59+/m0/s1. The summed E-state index contributed by atoms with van der Waals surface area (Å²) in [6.07, 6.45) is -14.3. The van der Waals surface area contributed by atoms with Gasteiger partial charge in [-0.2, -0.15) is 48.6 Å². The average molecular weight is 1660 g/mol. The van der Waals surface area contributed by atoms with Crippen LogP contribution in [0.1, 0.15) is 113 Å². The summed E-state index contributed by atoms with van der Waals surface area (Å²) < 4.78 is 229. The van der Waals surface area contributed by atoms with Crippen LogP contribution in [0, 0.1) is 41.2 Å². The molecule has 3 fully saturated rings. The number of phosphoric acid groups is 1. The van der Waals surface area contributed by atoms with Gasteiger partial charge >= 0.3 is 50.8 Å². The number of amides is 5. The molecule has 0 aliphatic carbocycles. The minimum absolute atomic E-state index is 0.0485. The Balaban J connectivity index is 1.28. The number of fused-ring (bicyclic) bond motifs is 2. The summed E-state index contributed by atoms with van der Waals surface area (Å²) in [5.74, 6) is -6.16. The molecule has 5 aromatic rings. The topological polar surface area (TPSA) is 400 Å². The lowest BCUT2D eigenvalue weighted by Gasteiger charge is -2.47. The van der Waals surface area contributed by atoms with Crippen LogP contribution in [0.3, 0.4) is 0 Å². The van der Waals surface area contributed by atoms with Gasteiger partial charge in [-0.1, -0.05) is 43.9 Å². The molecule has 8 N–H and O–H groups in total. The molecule has 2 unspecified atom stereocenters. The van der Waals surface area contributed by atoms with Crippen molar-refractivity contribution in [2.24, 2.45) is 10.8 Å². The van der Waals surface area contributed by atoms with E-state index in [-0.39, 0.29) is 39.0 Å².